The molecule has 168 valence electrons. The number of aryl methyl sites for hydroxylation is 1. The molecular formula is C23H24F3N5O. The summed E-state index contributed by atoms with van der Waals surface area (Å²) in [7, 11) is 0. The number of hydrogen-bond donors (Lipinski definition) is 1. The first-order chi connectivity index (χ1) is 15.3. The van der Waals surface area contributed by atoms with Crippen molar-refractivity contribution < 1.29 is 17.9 Å². The molecule has 9 heteroatoms. The van der Waals surface area contributed by atoms with E-state index in [-0.39, 0.29) is 12.1 Å². The monoisotopic (exact) mass is 443 g/mol. The first-order valence-electron chi connectivity index (χ1n) is 10.4. The highest BCUT2D eigenvalue weighted by molar-refractivity contribution is 5.59. The molecule has 0 bridgehead atoms. The van der Waals surface area contributed by atoms with Gasteiger partial charge in [0.2, 0.25) is 0 Å². The lowest BCUT2D eigenvalue weighted by Crippen LogP contribution is -2.36. The van der Waals surface area contributed by atoms with E-state index in [0.29, 0.717) is 43.6 Å². The molecule has 0 unspecified atom stereocenters. The van der Waals surface area contributed by atoms with Crippen LogP contribution in [0, 0.1) is 13.8 Å². The molecule has 0 amide bonds. The Morgan fingerprint density at radius 2 is 1.88 bits per heavy atom. The molecule has 0 spiro atoms. The third-order valence-corrected chi connectivity index (χ3v) is 5.53. The van der Waals surface area contributed by atoms with Crippen LogP contribution in [0.3, 0.4) is 0 Å². The molecule has 0 atom stereocenters. The highest BCUT2D eigenvalue weighted by atomic mass is 19.4. The lowest BCUT2D eigenvalue weighted by Gasteiger charge is -2.29. The second kappa shape index (κ2) is 9.12. The minimum atomic E-state index is -4.46. The number of aromatic nitrogens is 3. The molecule has 6 nitrogen and oxygen atoms in total. The lowest BCUT2D eigenvalue weighted by atomic mass is 10.0. The number of nitrogens with zero attached hydrogens (tertiary/aromatic N) is 4. The van der Waals surface area contributed by atoms with E-state index < -0.39 is 11.7 Å². The number of rotatable bonds is 5. The maximum absolute atomic E-state index is 13.8. The number of pyridine rings is 1. The Morgan fingerprint density at radius 3 is 2.56 bits per heavy atom. The van der Waals surface area contributed by atoms with Gasteiger partial charge in [0.05, 0.1) is 18.8 Å². The third kappa shape index (κ3) is 4.83. The Balaban J connectivity index is 1.61. The molecule has 1 N–H and O–H groups in total. The SMILES string of the molecule is Cc1nc(-c2cccnc2)nc(NCc2ccc(N3CCOCC3)cc2C(F)(F)F)c1C. The van der Waals surface area contributed by atoms with E-state index in [4.69, 9.17) is 4.74 Å². The van der Waals surface area contributed by atoms with E-state index in [0.717, 1.165) is 16.8 Å². The molecular weight excluding hydrogens is 419 g/mol. The lowest BCUT2D eigenvalue weighted by molar-refractivity contribution is -0.138. The van der Waals surface area contributed by atoms with Crippen molar-refractivity contribution in [1.29, 1.82) is 0 Å². The van der Waals surface area contributed by atoms with Crippen LogP contribution in [0.2, 0.25) is 0 Å². The smallest absolute Gasteiger partial charge is 0.378 e. The van der Waals surface area contributed by atoms with Crippen molar-refractivity contribution >= 4 is 11.5 Å². The van der Waals surface area contributed by atoms with Gasteiger partial charge in [-0.1, -0.05) is 6.07 Å². The van der Waals surface area contributed by atoms with Crippen molar-refractivity contribution in [3.05, 3.63) is 65.1 Å². The van der Waals surface area contributed by atoms with E-state index in [9.17, 15) is 13.2 Å². The van der Waals surface area contributed by atoms with Crippen LogP contribution in [0.5, 0.6) is 0 Å². The first-order valence-corrected chi connectivity index (χ1v) is 10.4. The zero-order valence-corrected chi connectivity index (χ0v) is 17.9. The number of morpholine rings is 1. The summed E-state index contributed by atoms with van der Waals surface area (Å²) in [5, 5.41) is 3.09. The van der Waals surface area contributed by atoms with Crippen LogP contribution in [-0.4, -0.2) is 41.3 Å². The highest BCUT2D eigenvalue weighted by Crippen LogP contribution is 2.35. The fraction of sp³-hybridized carbons (Fsp3) is 0.348. The zero-order valence-electron chi connectivity index (χ0n) is 17.9. The van der Waals surface area contributed by atoms with Gasteiger partial charge in [0.25, 0.3) is 0 Å². The molecule has 0 aliphatic carbocycles. The third-order valence-electron chi connectivity index (χ3n) is 5.53. The quantitative estimate of drug-likeness (QED) is 0.621. The van der Waals surface area contributed by atoms with Crippen LogP contribution in [0.1, 0.15) is 22.4 Å². The summed E-state index contributed by atoms with van der Waals surface area (Å²) in [6, 6.07) is 8.11. The average molecular weight is 443 g/mol. The zero-order chi connectivity index (χ0) is 22.7. The highest BCUT2D eigenvalue weighted by Gasteiger charge is 2.34. The van der Waals surface area contributed by atoms with Gasteiger partial charge in [-0.15, -0.1) is 0 Å². The second-order valence-corrected chi connectivity index (χ2v) is 7.64. The summed E-state index contributed by atoms with van der Waals surface area (Å²) in [5.74, 6) is 0.976. The molecule has 2 aromatic heterocycles. The van der Waals surface area contributed by atoms with Crippen LogP contribution in [0.15, 0.2) is 42.7 Å². The van der Waals surface area contributed by atoms with E-state index >= 15 is 0 Å². The predicted octanol–water partition coefficient (Wildman–Crippen LogP) is 4.62. The molecule has 1 aliphatic heterocycles. The van der Waals surface area contributed by atoms with E-state index in [2.05, 4.69) is 20.3 Å². The largest absolute Gasteiger partial charge is 0.416 e. The molecule has 1 fully saturated rings. The summed E-state index contributed by atoms with van der Waals surface area (Å²) in [6.07, 6.45) is -1.15. The van der Waals surface area contributed by atoms with E-state index in [1.165, 1.54) is 12.1 Å². The Bertz CT molecular complexity index is 1080. The van der Waals surface area contributed by atoms with Crippen LogP contribution in [-0.2, 0) is 17.5 Å². The van der Waals surface area contributed by atoms with Gasteiger partial charge < -0.3 is 15.0 Å². The van der Waals surface area contributed by atoms with Gasteiger partial charge in [-0.2, -0.15) is 13.2 Å². The number of nitrogens with one attached hydrogen (secondary N) is 1. The summed E-state index contributed by atoms with van der Waals surface area (Å²) in [4.78, 5) is 15.0. The number of halogens is 3. The molecule has 0 radical (unpaired) electrons. The number of benzene rings is 1. The number of ether oxygens (including phenoxy) is 1. The molecule has 1 aromatic carbocycles. The van der Waals surface area contributed by atoms with Gasteiger partial charge >= 0.3 is 6.18 Å². The van der Waals surface area contributed by atoms with Gasteiger partial charge in [-0.3, -0.25) is 4.98 Å². The molecule has 3 aromatic rings. The van der Waals surface area contributed by atoms with Crippen molar-refractivity contribution in [1.82, 2.24) is 15.0 Å². The van der Waals surface area contributed by atoms with Gasteiger partial charge in [0.15, 0.2) is 5.82 Å². The number of hydrogen-bond acceptors (Lipinski definition) is 6. The number of anilines is 2. The summed E-state index contributed by atoms with van der Waals surface area (Å²) < 4.78 is 46.8. The van der Waals surface area contributed by atoms with Gasteiger partial charge in [0.1, 0.15) is 5.82 Å². The minimum Gasteiger partial charge on any atom is -0.378 e. The predicted molar refractivity (Wildman–Crippen MR) is 117 cm³/mol. The van der Waals surface area contributed by atoms with Gasteiger partial charge in [-0.25, -0.2) is 9.97 Å². The van der Waals surface area contributed by atoms with Gasteiger partial charge in [-0.05, 0) is 43.7 Å². The van der Waals surface area contributed by atoms with Crippen LogP contribution >= 0.6 is 0 Å². The Hall–Kier alpha value is -3.20. The Labute approximate surface area is 184 Å². The maximum atomic E-state index is 13.8. The summed E-state index contributed by atoms with van der Waals surface area (Å²) in [5.41, 5.74) is 2.34. The summed E-state index contributed by atoms with van der Waals surface area (Å²) in [6.45, 7) is 5.85. The van der Waals surface area contributed by atoms with Crippen molar-refractivity contribution in [2.45, 2.75) is 26.6 Å². The molecule has 32 heavy (non-hydrogen) atoms. The minimum absolute atomic E-state index is 0.0119. The van der Waals surface area contributed by atoms with Crippen LogP contribution in [0.25, 0.3) is 11.4 Å². The van der Waals surface area contributed by atoms with Crippen molar-refractivity contribution in [3.8, 4) is 11.4 Å². The first kappa shape index (κ1) is 22.0. The van der Waals surface area contributed by atoms with Gasteiger partial charge in [0, 0.05) is 54.5 Å². The fourth-order valence-electron chi connectivity index (χ4n) is 3.60. The second-order valence-electron chi connectivity index (χ2n) is 7.64. The van der Waals surface area contributed by atoms with Crippen molar-refractivity contribution in [2.75, 3.05) is 36.5 Å². The Morgan fingerprint density at radius 1 is 1.09 bits per heavy atom. The number of alkyl halides is 3. The molecule has 3 heterocycles. The molecule has 0 saturated carbocycles. The average Bonchev–Trinajstić information content (AvgIpc) is 2.80. The Kier molecular flexibility index (Phi) is 6.27. The van der Waals surface area contributed by atoms with Crippen LogP contribution in [0.4, 0.5) is 24.7 Å². The molecule has 1 aliphatic rings. The van der Waals surface area contributed by atoms with E-state index in [1.54, 1.807) is 24.5 Å². The maximum Gasteiger partial charge on any atom is 0.416 e. The van der Waals surface area contributed by atoms with Crippen LogP contribution < -0.4 is 10.2 Å². The standard InChI is InChI=1S/C23H24F3N5O/c1-15-16(2)29-22(18-4-3-7-27-13-18)30-21(15)28-14-17-5-6-19(12-20(17)23(24,25)26)31-8-10-32-11-9-31/h3-7,12-13H,8-11,14H2,1-2H3,(H,28,29,30). The molecule has 1 saturated heterocycles. The topological polar surface area (TPSA) is 63.2 Å². The van der Waals surface area contributed by atoms with Crippen molar-refractivity contribution in [3.63, 3.8) is 0 Å². The van der Waals surface area contributed by atoms with E-state index in [1.807, 2.05) is 24.8 Å². The molecule has 4 rings (SSSR count). The normalized spacial score (nSPS) is 14.5. The summed E-state index contributed by atoms with van der Waals surface area (Å²) >= 11 is 0. The fourth-order valence-corrected chi connectivity index (χ4v) is 3.60. The van der Waals surface area contributed by atoms with Crippen molar-refractivity contribution in [2.24, 2.45) is 0 Å².